The van der Waals surface area contributed by atoms with E-state index in [1.807, 2.05) is 0 Å². The fraction of sp³-hybridized carbons (Fsp3) is 0.875. The summed E-state index contributed by atoms with van der Waals surface area (Å²) in [5.41, 5.74) is 1.21. The third-order valence-electron chi connectivity index (χ3n) is 2.21. The van der Waals surface area contributed by atoms with Crippen LogP contribution in [-0.2, 0) is 0 Å². The Labute approximate surface area is 68.3 Å². The fourth-order valence-electron chi connectivity index (χ4n) is 1.71. The van der Waals surface area contributed by atoms with Gasteiger partial charge >= 0.3 is 0 Å². The Morgan fingerprint density at radius 2 is 2.36 bits per heavy atom. The van der Waals surface area contributed by atoms with Gasteiger partial charge in [-0.3, -0.25) is 0 Å². The second kappa shape index (κ2) is 3.72. The number of nitrogens with zero attached hydrogens (tertiary/aromatic N) is 2. The molecule has 1 unspecified atom stereocenters. The minimum Gasteiger partial charge on any atom is -0.323 e. The monoisotopic (exact) mass is 155 g/mol. The van der Waals surface area contributed by atoms with Gasteiger partial charge in [0, 0.05) is 18.2 Å². The highest BCUT2D eigenvalue weighted by molar-refractivity contribution is 5.88. The quantitative estimate of drug-likeness (QED) is 0.470. The summed E-state index contributed by atoms with van der Waals surface area (Å²) in [4.78, 5) is 2.20. The van der Waals surface area contributed by atoms with Gasteiger partial charge < -0.3 is 10.7 Å². The van der Waals surface area contributed by atoms with E-state index >= 15 is 0 Å². The lowest BCUT2D eigenvalue weighted by Crippen LogP contribution is -2.24. The second-order valence-electron chi connectivity index (χ2n) is 3.47. The van der Waals surface area contributed by atoms with Gasteiger partial charge in [-0.05, 0) is 33.4 Å². The lowest BCUT2D eigenvalue weighted by Gasteiger charge is -2.15. The van der Waals surface area contributed by atoms with Crippen LogP contribution in [0.5, 0.6) is 0 Å². The van der Waals surface area contributed by atoms with Crippen LogP contribution < -0.4 is 5.84 Å². The topological polar surface area (TPSA) is 41.6 Å². The molecule has 3 nitrogen and oxygen atoms in total. The zero-order valence-corrected chi connectivity index (χ0v) is 7.38. The molecular weight excluding hydrogens is 138 g/mol. The van der Waals surface area contributed by atoms with E-state index in [0.717, 1.165) is 13.0 Å². The molecule has 1 fully saturated rings. The summed E-state index contributed by atoms with van der Waals surface area (Å²) < 4.78 is 0. The van der Waals surface area contributed by atoms with Gasteiger partial charge in [0.25, 0.3) is 0 Å². The van der Waals surface area contributed by atoms with E-state index in [-0.39, 0.29) is 0 Å². The predicted molar refractivity (Wildman–Crippen MR) is 47.5 cm³/mol. The molecule has 0 aliphatic heterocycles. The summed E-state index contributed by atoms with van der Waals surface area (Å²) >= 11 is 0. The Hall–Kier alpha value is -0.570. The van der Waals surface area contributed by atoms with Crippen LogP contribution in [0, 0.1) is 5.92 Å². The van der Waals surface area contributed by atoms with Crippen LogP contribution in [0.15, 0.2) is 5.10 Å². The molecule has 0 heterocycles. The molecule has 0 bridgehead atoms. The molecule has 0 saturated heterocycles. The Bertz CT molecular complexity index is 151. The number of hydrazone groups is 1. The minimum atomic E-state index is 0.620. The first-order valence-corrected chi connectivity index (χ1v) is 4.15. The average Bonchev–Trinajstić information content (AvgIpc) is 2.34. The van der Waals surface area contributed by atoms with Crippen molar-refractivity contribution in [3.05, 3.63) is 0 Å². The highest BCUT2D eigenvalue weighted by Gasteiger charge is 2.22. The Morgan fingerprint density at radius 1 is 1.64 bits per heavy atom. The van der Waals surface area contributed by atoms with Crippen LogP contribution in [0.25, 0.3) is 0 Å². The van der Waals surface area contributed by atoms with Crippen LogP contribution >= 0.6 is 0 Å². The zero-order chi connectivity index (χ0) is 8.27. The van der Waals surface area contributed by atoms with Crippen LogP contribution in [0.3, 0.4) is 0 Å². The summed E-state index contributed by atoms with van der Waals surface area (Å²) in [5, 5.41) is 3.81. The van der Waals surface area contributed by atoms with Gasteiger partial charge in [-0.25, -0.2) is 0 Å². The predicted octanol–water partition coefficient (Wildman–Crippen LogP) is 0.663. The summed E-state index contributed by atoms with van der Waals surface area (Å²) in [7, 11) is 4.18. The zero-order valence-electron chi connectivity index (χ0n) is 7.38. The Balaban J connectivity index is 2.44. The molecule has 0 aromatic heterocycles. The van der Waals surface area contributed by atoms with Gasteiger partial charge in [-0.2, -0.15) is 5.10 Å². The van der Waals surface area contributed by atoms with Crippen LogP contribution in [0.4, 0.5) is 0 Å². The summed E-state index contributed by atoms with van der Waals surface area (Å²) in [6.45, 7) is 1.09. The molecule has 1 aliphatic rings. The van der Waals surface area contributed by atoms with Crippen molar-refractivity contribution in [2.24, 2.45) is 16.9 Å². The number of rotatable bonds is 2. The van der Waals surface area contributed by atoms with E-state index in [2.05, 4.69) is 24.1 Å². The Morgan fingerprint density at radius 3 is 2.91 bits per heavy atom. The molecule has 0 aromatic carbocycles. The molecule has 1 rings (SSSR count). The van der Waals surface area contributed by atoms with Gasteiger partial charge in [0.1, 0.15) is 0 Å². The van der Waals surface area contributed by atoms with Gasteiger partial charge in [0.15, 0.2) is 0 Å². The molecule has 0 radical (unpaired) electrons. The van der Waals surface area contributed by atoms with Crippen molar-refractivity contribution in [3.63, 3.8) is 0 Å². The largest absolute Gasteiger partial charge is 0.323 e. The van der Waals surface area contributed by atoms with Crippen LogP contribution in [-0.4, -0.2) is 31.3 Å². The molecule has 0 spiro atoms. The molecule has 1 aliphatic carbocycles. The first kappa shape index (κ1) is 8.53. The van der Waals surface area contributed by atoms with Crippen molar-refractivity contribution in [1.29, 1.82) is 0 Å². The smallest absolute Gasteiger partial charge is 0.0419 e. The molecule has 0 aromatic rings. The molecule has 11 heavy (non-hydrogen) atoms. The first-order chi connectivity index (χ1) is 5.24. The van der Waals surface area contributed by atoms with Crippen LogP contribution in [0.1, 0.15) is 19.3 Å². The maximum Gasteiger partial charge on any atom is 0.0419 e. The van der Waals surface area contributed by atoms with Crippen molar-refractivity contribution in [2.75, 3.05) is 20.6 Å². The highest BCUT2D eigenvalue weighted by atomic mass is 15.1. The van der Waals surface area contributed by atoms with E-state index in [9.17, 15) is 0 Å². The third-order valence-corrected chi connectivity index (χ3v) is 2.21. The van der Waals surface area contributed by atoms with Crippen molar-refractivity contribution < 1.29 is 0 Å². The number of hydrogen-bond donors (Lipinski definition) is 1. The fourth-order valence-corrected chi connectivity index (χ4v) is 1.71. The lowest BCUT2D eigenvalue weighted by atomic mass is 10.1. The summed E-state index contributed by atoms with van der Waals surface area (Å²) in [6.07, 6.45) is 3.62. The lowest BCUT2D eigenvalue weighted by molar-refractivity contribution is 0.367. The van der Waals surface area contributed by atoms with Crippen LogP contribution in [0.2, 0.25) is 0 Å². The van der Waals surface area contributed by atoms with Gasteiger partial charge in [-0.15, -0.1) is 0 Å². The standard InChI is InChI=1S/C8H17N3/c1-11(2)6-7-4-3-5-8(7)10-9/h7H,3-6,9H2,1-2H3. The van der Waals surface area contributed by atoms with E-state index in [1.54, 1.807) is 0 Å². The highest BCUT2D eigenvalue weighted by Crippen LogP contribution is 2.22. The van der Waals surface area contributed by atoms with Crippen molar-refractivity contribution in [1.82, 2.24) is 4.90 Å². The molecular formula is C8H17N3. The van der Waals surface area contributed by atoms with Gasteiger partial charge in [0.2, 0.25) is 0 Å². The SMILES string of the molecule is CN(C)CC1CCCC1=NN. The summed E-state index contributed by atoms with van der Waals surface area (Å²) in [6, 6.07) is 0. The molecule has 1 saturated carbocycles. The van der Waals surface area contributed by atoms with Gasteiger partial charge in [-0.1, -0.05) is 0 Å². The Kier molecular flexibility index (Phi) is 2.88. The third kappa shape index (κ3) is 2.19. The van der Waals surface area contributed by atoms with E-state index in [0.29, 0.717) is 5.92 Å². The molecule has 0 amide bonds. The number of nitrogens with two attached hydrogens (primary N) is 1. The van der Waals surface area contributed by atoms with Crippen molar-refractivity contribution in [2.45, 2.75) is 19.3 Å². The maximum absolute atomic E-state index is 5.27. The van der Waals surface area contributed by atoms with Crippen molar-refractivity contribution in [3.8, 4) is 0 Å². The summed E-state index contributed by atoms with van der Waals surface area (Å²) in [5.74, 6) is 5.89. The second-order valence-corrected chi connectivity index (χ2v) is 3.47. The molecule has 1 atom stereocenters. The normalized spacial score (nSPS) is 28.6. The molecule has 3 heteroatoms. The minimum absolute atomic E-state index is 0.620. The average molecular weight is 155 g/mol. The van der Waals surface area contributed by atoms with E-state index < -0.39 is 0 Å². The molecule has 64 valence electrons. The molecule has 2 N–H and O–H groups in total. The first-order valence-electron chi connectivity index (χ1n) is 4.15. The van der Waals surface area contributed by atoms with Crippen molar-refractivity contribution >= 4 is 5.71 Å². The van der Waals surface area contributed by atoms with Gasteiger partial charge in [0.05, 0.1) is 0 Å². The van der Waals surface area contributed by atoms with E-state index in [1.165, 1.54) is 18.6 Å². The number of hydrogen-bond acceptors (Lipinski definition) is 3. The van der Waals surface area contributed by atoms with E-state index in [4.69, 9.17) is 5.84 Å². The maximum atomic E-state index is 5.27.